The highest BCUT2D eigenvalue weighted by molar-refractivity contribution is 5.62. The first kappa shape index (κ1) is 6.34. The van der Waals surface area contributed by atoms with E-state index in [2.05, 4.69) is 5.32 Å². The molecule has 11 heavy (non-hydrogen) atoms. The van der Waals surface area contributed by atoms with Crippen LogP contribution in [0.25, 0.3) is 0 Å². The van der Waals surface area contributed by atoms with Gasteiger partial charge in [0.15, 0.2) is 5.75 Å². The maximum Gasteiger partial charge on any atom is 0.222 e. The van der Waals surface area contributed by atoms with E-state index in [1.54, 1.807) is 0 Å². The summed E-state index contributed by atoms with van der Waals surface area (Å²) in [6.07, 6.45) is 0.892. The highest BCUT2D eigenvalue weighted by Crippen LogP contribution is 2.34. The van der Waals surface area contributed by atoms with Gasteiger partial charge in [-0.05, 0) is 18.1 Å². The molecular weight excluding hydrogens is 142 g/mol. The number of benzene rings is 1. The number of rotatable bonds is 0. The van der Waals surface area contributed by atoms with Crippen molar-refractivity contribution in [3.8, 4) is 11.5 Å². The molecule has 0 atom stereocenters. The molecule has 0 fully saturated rings. The standard InChI is InChI=1S/C8H8NO2/c10-7-3-5-1-2-9-6(5)4-8(7)11/h3-4,9-10H,1-2H2. The van der Waals surface area contributed by atoms with E-state index in [1.807, 2.05) is 0 Å². The van der Waals surface area contributed by atoms with Gasteiger partial charge in [0.25, 0.3) is 0 Å². The maximum absolute atomic E-state index is 10.9. The van der Waals surface area contributed by atoms with Crippen LogP contribution < -0.4 is 5.32 Å². The molecule has 0 saturated heterocycles. The molecular formula is C8H8NO2. The molecule has 0 saturated carbocycles. The van der Waals surface area contributed by atoms with Crippen molar-refractivity contribution in [2.24, 2.45) is 0 Å². The van der Waals surface area contributed by atoms with Crippen LogP contribution in [0, 0.1) is 0 Å². The van der Waals surface area contributed by atoms with Gasteiger partial charge in [0.05, 0.1) is 0 Å². The van der Waals surface area contributed by atoms with Crippen LogP contribution in [0.2, 0.25) is 0 Å². The van der Waals surface area contributed by atoms with E-state index in [9.17, 15) is 5.11 Å². The number of phenols is 1. The smallest absolute Gasteiger partial charge is 0.222 e. The lowest BCUT2D eigenvalue weighted by Gasteiger charge is -1.99. The van der Waals surface area contributed by atoms with Gasteiger partial charge in [-0.25, -0.2) is 0 Å². The fourth-order valence-corrected chi connectivity index (χ4v) is 1.31. The minimum absolute atomic E-state index is 0.146. The largest absolute Gasteiger partial charge is 0.504 e. The Hall–Kier alpha value is -1.38. The molecule has 1 aliphatic heterocycles. The molecule has 1 heterocycles. The average Bonchev–Trinajstić information content (AvgIpc) is 2.36. The Morgan fingerprint density at radius 1 is 1.45 bits per heavy atom. The first-order valence-electron chi connectivity index (χ1n) is 3.54. The van der Waals surface area contributed by atoms with Gasteiger partial charge in [-0.2, -0.15) is 0 Å². The summed E-state index contributed by atoms with van der Waals surface area (Å²) in [5, 5.41) is 23.0. The van der Waals surface area contributed by atoms with Crippen LogP contribution in [0.3, 0.4) is 0 Å². The normalized spacial score (nSPS) is 14.2. The second kappa shape index (κ2) is 2.05. The van der Waals surface area contributed by atoms with Gasteiger partial charge in [0.2, 0.25) is 5.75 Å². The molecule has 0 spiro atoms. The van der Waals surface area contributed by atoms with Crippen molar-refractivity contribution in [2.75, 3.05) is 11.9 Å². The summed E-state index contributed by atoms with van der Waals surface area (Å²) in [6.45, 7) is 0.859. The van der Waals surface area contributed by atoms with Crippen molar-refractivity contribution in [3.63, 3.8) is 0 Å². The van der Waals surface area contributed by atoms with Crippen LogP contribution in [0.5, 0.6) is 11.5 Å². The number of anilines is 1. The Morgan fingerprint density at radius 2 is 2.27 bits per heavy atom. The minimum atomic E-state index is -0.307. The van der Waals surface area contributed by atoms with Crippen molar-refractivity contribution < 1.29 is 10.2 Å². The molecule has 1 aliphatic rings. The molecule has 57 valence electrons. The zero-order valence-corrected chi connectivity index (χ0v) is 5.92. The zero-order chi connectivity index (χ0) is 7.84. The molecule has 0 bridgehead atoms. The summed E-state index contributed by atoms with van der Waals surface area (Å²) >= 11 is 0. The predicted octanol–water partition coefficient (Wildman–Crippen LogP) is 1.50. The molecule has 1 radical (unpaired) electrons. The van der Waals surface area contributed by atoms with Crippen LogP contribution in [-0.2, 0) is 11.5 Å². The van der Waals surface area contributed by atoms with Crippen LogP contribution in [-0.4, -0.2) is 11.7 Å². The van der Waals surface area contributed by atoms with Gasteiger partial charge in [0.1, 0.15) is 0 Å². The lowest BCUT2D eigenvalue weighted by atomic mass is 10.1. The Kier molecular flexibility index (Phi) is 1.18. The van der Waals surface area contributed by atoms with E-state index in [0.29, 0.717) is 0 Å². The summed E-state index contributed by atoms with van der Waals surface area (Å²) in [6, 6.07) is 2.98. The number of fused-ring (bicyclic) bond motifs is 1. The quantitative estimate of drug-likeness (QED) is 0.550. The molecule has 2 rings (SSSR count). The molecule has 0 aromatic heterocycles. The van der Waals surface area contributed by atoms with Gasteiger partial charge in [-0.3, -0.25) is 5.11 Å². The number of nitrogens with one attached hydrogen (secondary N) is 1. The van der Waals surface area contributed by atoms with Gasteiger partial charge >= 0.3 is 0 Å². The molecule has 2 N–H and O–H groups in total. The van der Waals surface area contributed by atoms with Gasteiger partial charge in [0, 0.05) is 18.3 Å². The molecule has 0 aliphatic carbocycles. The first-order valence-corrected chi connectivity index (χ1v) is 3.54. The Morgan fingerprint density at radius 3 is 3.09 bits per heavy atom. The number of hydrogen-bond donors (Lipinski definition) is 2. The van der Waals surface area contributed by atoms with Crippen LogP contribution in [0.4, 0.5) is 5.69 Å². The summed E-state index contributed by atoms with van der Waals surface area (Å²) in [5.41, 5.74) is 1.90. The molecule has 0 unspecified atom stereocenters. The second-order valence-corrected chi connectivity index (χ2v) is 2.65. The van der Waals surface area contributed by atoms with E-state index in [-0.39, 0.29) is 11.5 Å². The minimum Gasteiger partial charge on any atom is -0.504 e. The SMILES string of the molecule is [O]c1cc2c(cc1O)CCN2. The predicted molar refractivity (Wildman–Crippen MR) is 40.4 cm³/mol. The lowest BCUT2D eigenvalue weighted by Crippen LogP contribution is -1.90. The van der Waals surface area contributed by atoms with Crippen molar-refractivity contribution in [2.45, 2.75) is 6.42 Å². The summed E-state index contributed by atoms with van der Waals surface area (Å²) in [4.78, 5) is 0. The third-order valence-corrected chi connectivity index (χ3v) is 1.89. The van der Waals surface area contributed by atoms with Crippen molar-refractivity contribution >= 4 is 5.69 Å². The number of aromatic hydroxyl groups is 1. The van der Waals surface area contributed by atoms with E-state index in [4.69, 9.17) is 5.11 Å². The monoisotopic (exact) mass is 150 g/mol. The Labute approximate surface area is 64.3 Å². The van der Waals surface area contributed by atoms with E-state index >= 15 is 0 Å². The number of phenolic OH excluding ortho intramolecular Hbond substituents is 1. The van der Waals surface area contributed by atoms with Gasteiger partial charge in [-0.15, -0.1) is 0 Å². The lowest BCUT2D eigenvalue weighted by molar-refractivity contribution is 0.325. The van der Waals surface area contributed by atoms with Crippen LogP contribution in [0.1, 0.15) is 5.56 Å². The average molecular weight is 150 g/mol. The summed E-state index contributed by atoms with van der Waals surface area (Å²) < 4.78 is 0. The van der Waals surface area contributed by atoms with Crippen LogP contribution in [0.15, 0.2) is 12.1 Å². The summed E-state index contributed by atoms with van der Waals surface area (Å²) in [7, 11) is 0. The summed E-state index contributed by atoms with van der Waals surface area (Å²) in [5.74, 6) is -0.453. The van der Waals surface area contributed by atoms with Crippen LogP contribution >= 0.6 is 0 Å². The molecule has 3 nitrogen and oxygen atoms in total. The molecule has 0 amide bonds. The third kappa shape index (κ3) is 0.888. The fourth-order valence-electron chi connectivity index (χ4n) is 1.31. The van der Waals surface area contributed by atoms with E-state index in [1.165, 1.54) is 12.1 Å². The Bertz CT molecular complexity index is 267. The van der Waals surface area contributed by atoms with E-state index in [0.717, 1.165) is 24.2 Å². The third-order valence-electron chi connectivity index (χ3n) is 1.89. The van der Waals surface area contributed by atoms with Crippen molar-refractivity contribution in [1.29, 1.82) is 0 Å². The molecule has 1 aromatic rings. The highest BCUT2D eigenvalue weighted by Gasteiger charge is 2.13. The van der Waals surface area contributed by atoms with Crippen molar-refractivity contribution in [1.82, 2.24) is 0 Å². The number of hydrogen-bond acceptors (Lipinski definition) is 2. The maximum atomic E-state index is 10.9. The van der Waals surface area contributed by atoms with Gasteiger partial charge in [-0.1, -0.05) is 0 Å². The molecule has 3 heteroatoms. The molecule has 1 aromatic carbocycles. The topological polar surface area (TPSA) is 52.2 Å². The second-order valence-electron chi connectivity index (χ2n) is 2.65. The highest BCUT2D eigenvalue weighted by atomic mass is 16.3. The van der Waals surface area contributed by atoms with E-state index < -0.39 is 0 Å². The van der Waals surface area contributed by atoms with Gasteiger partial charge < -0.3 is 10.4 Å². The fraction of sp³-hybridized carbons (Fsp3) is 0.250. The van der Waals surface area contributed by atoms with Crippen molar-refractivity contribution in [3.05, 3.63) is 17.7 Å². The first-order chi connectivity index (χ1) is 5.27. The Balaban J connectivity index is 2.57. The zero-order valence-electron chi connectivity index (χ0n) is 5.92.